The lowest BCUT2D eigenvalue weighted by molar-refractivity contribution is -0.141. The number of esters is 1. The zero-order valence-corrected chi connectivity index (χ0v) is 11.6. The van der Waals surface area contributed by atoms with Gasteiger partial charge in [0.1, 0.15) is 0 Å². The highest BCUT2D eigenvalue weighted by molar-refractivity contribution is 5.69. The molecule has 0 rings (SSSR count). The van der Waals surface area contributed by atoms with Gasteiger partial charge in [-0.2, -0.15) is 0 Å². The van der Waals surface area contributed by atoms with E-state index in [-0.39, 0.29) is 5.97 Å². The molecule has 102 valence electrons. The molecule has 0 aromatic heterocycles. The molecule has 0 aromatic rings. The molecule has 0 saturated carbocycles. The predicted molar refractivity (Wildman–Crippen MR) is 68.1 cm³/mol. The van der Waals surface area contributed by atoms with E-state index >= 15 is 0 Å². The van der Waals surface area contributed by atoms with Crippen molar-refractivity contribution in [3.8, 4) is 0 Å². The highest BCUT2D eigenvalue weighted by atomic mass is 16.5. The first-order valence-electron chi connectivity index (χ1n) is 6.03. The Morgan fingerprint density at radius 3 is 2.29 bits per heavy atom. The van der Waals surface area contributed by atoms with Crippen molar-refractivity contribution in [1.29, 1.82) is 0 Å². The summed E-state index contributed by atoms with van der Waals surface area (Å²) in [5.41, 5.74) is 0. The van der Waals surface area contributed by atoms with Gasteiger partial charge in [0.2, 0.25) is 0 Å². The van der Waals surface area contributed by atoms with Crippen LogP contribution >= 0.6 is 0 Å². The molecule has 0 saturated heterocycles. The summed E-state index contributed by atoms with van der Waals surface area (Å²) in [6, 6.07) is 0. The summed E-state index contributed by atoms with van der Waals surface area (Å²) in [5, 5.41) is 0. The summed E-state index contributed by atoms with van der Waals surface area (Å²) < 4.78 is 9.71. The maximum Gasteiger partial charge on any atom is 0.306 e. The van der Waals surface area contributed by atoms with Crippen LogP contribution in [0.4, 0.5) is 0 Å². The number of carbonyl (C=O) groups excluding carboxylic acids is 1. The molecule has 17 heavy (non-hydrogen) atoms. The van der Waals surface area contributed by atoms with Gasteiger partial charge in [-0.1, -0.05) is 0 Å². The molecule has 5 nitrogen and oxygen atoms in total. The van der Waals surface area contributed by atoms with Crippen molar-refractivity contribution in [2.75, 3.05) is 61.1 Å². The number of hydrogen-bond donors (Lipinski definition) is 0. The highest BCUT2D eigenvalue weighted by Gasteiger charge is 2.08. The van der Waals surface area contributed by atoms with Crippen LogP contribution in [0, 0.1) is 0 Å². The normalized spacial score (nSPS) is 11.2. The van der Waals surface area contributed by atoms with E-state index in [0.717, 1.165) is 32.6 Å². The van der Waals surface area contributed by atoms with E-state index in [1.165, 1.54) is 7.11 Å². The maximum atomic E-state index is 11.1. The van der Waals surface area contributed by atoms with Crippen LogP contribution in [-0.4, -0.2) is 76.9 Å². The molecule has 0 amide bonds. The molecule has 5 heteroatoms. The van der Waals surface area contributed by atoms with E-state index in [9.17, 15) is 4.79 Å². The third kappa shape index (κ3) is 10.2. The lowest BCUT2D eigenvalue weighted by atomic mass is 10.3. The zero-order chi connectivity index (χ0) is 13.1. The number of hydrogen-bond acceptors (Lipinski definition) is 5. The molecule has 0 aliphatic carbocycles. The Kier molecular flexibility index (Phi) is 10.1. The van der Waals surface area contributed by atoms with Crippen LogP contribution < -0.4 is 0 Å². The van der Waals surface area contributed by atoms with Gasteiger partial charge < -0.3 is 19.3 Å². The zero-order valence-electron chi connectivity index (χ0n) is 11.6. The molecular formula is C12H26N2O3. The van der Waals surface area contributed by atoms with E-state index in [0.29, 0.717) is 13.0 Å². The van der Waals surface area contributed by atoms with E-state index < -0.39 is 0 Å². The summed E-state index contributed by atoms with van der Waals surface area (Å²) in [4.78, 5) is 15.5. The first-order valence-corrected chi connectivity index (χ1v) is 6.03. The van der Waals surface area contributed by atoms with Gasteiger partial charge in [0.15, 0.2) is 0 Å². The van der Waals surface area contributed by atoms with Crippen LogP contribution in [0.3, 0.4) is 0 Å². The number of carbonyl (C=O) groups is 1. The monoisotopic (exact) mass is 246 g/mol. The minimum absolute atomic E-state index is 0.153. The van der Waals surface area contributed by atoms with Crippen molar-refractivity contribution >= 4 is 5.97 Å². The van der Waals surface area contributed by atoms with Gasteiger partial charge in [0, 0.05) is 20.2 Å². The number of methoxy groups -OCH3 is 2. The fourth-order valence-corrected chi connectivity index (χ4v) is 1.52. The van der Waals surface area contributed by atoms with Crippen LogP contribution in [-0.2, 0) is 14.3 Å². The van der Waals surface area contributed by atoms with Gasteiger partial charge in [0.25, 0.3) is 0 Å². The summed E-state index contributed by atoms with van der Waals surface area (Å²) >= 11 is 0. The molecule has 0 unspecified atom stereocenters. The SMILES string of the molecule is COCCN(CCCN(C)C)CCC(=O)OC. The minimum atomic E-state index is -0.153. The van der Waals surface area contributed by atoms with Crippen molar-refractivity contribution in [2.45, 2.75) is 12.8 Å². The second-order valence-electron chi connectivity index (χ2n) is 4.32. The van der Waals surface area contributed by atoms with Gasteiger partial charge in [0.05, 0.1) is 20.1 Å². The molecule has 0 heterocycles. The lowest BCUT2D eigenvalue weighted by Gasteiger charge is -2.22. The van der Waals surface area contributed by atoms with Crippen molar-refractivity contribution in [3.63, 3.8) is 0 Å². The maximum absolute atomic E-state index is 11.1. The molecule has 0 atom stereocenters. The third-order valence-corrected chi connectivity index (χ3v) is 2.55. The fourth-order valence-electron chi connectivity index (χ4n) is 1.52. The Labute approximate surface area is 105 Å². The van der Waals surface area contributed by atoms with E-state index in [4.69, 9.17) is 4.74 Å². The smallest absolute Gasteiger partial charge is 0.306 e. The van der Waals surface area contributed by atoms with Crippen LogP contribution in [0.15, 0.2) is 0 Å². The molecule has 0 bridgehead atoms. The average molecular weight is 246 g/mol. The Bertz CT molecular complexity index is 198. The molecule has 0 radical (unpaired) electrons. The largest absolute Gasteiger partial charge is 0.469 e. The van der Waals surface area contributed by atoms with Gasteiger partial charge in [-0.3, -0.25) is 4.79 Å². The summed E-state index contributed by atoms with van der Waals surface area (Å²) in [7, 11) is 7.24. The second kappa shape index (κ2) is 10.5. The van der Waals surface area contributed by atoms with E-state index in [2.05, 4.69) is 28.6 Å². The van der Waals surface area contributed by atoms with Crippen LogP contribution in [0.5, 0.6) is 0 Å². The third-order valence-electron chi connectivity index (χ3n) is 2.55. The van der Waals surface area contributed by atoms with Crippen molar-refractivity contribution in [3.05, 3.63) is 0 Å². The molecule has 0 aromatic carbocycles. The van der Waals surface area contributed by atoms with Gasteiger partial charge in [-0.15, -0.1) is 0 Å². The summed E-state index contributed by atoms with van der Waals surface area (Å²) in [6.07, 6.45) is 1.54. The molecule has 0 fully saturated rings. The highest BCUT2D eigenvalue weighted by Crippen LogP contribution is 1.97. The molecule has 0 aliphatic heterocycles. The van der Waals surface area contributed by atoms with Crippen molar-refractivity contribution < 1.29 is 14.3 Å². The lowest BCUT2D eigenvalue weighted by Crippen LogP contribution is -2.32. The predicted octanol–water partition coefficient (Wildman–Crippen LogP) is 0.450. The quantitative estimate of drug-likeness (QED) is 0.524. The first-order chi connectivity index (χ1) is 8.10. The Morgan fingerprint density at radius 2 is 1.76 bits per heavy atom. The second-order valence-corrected chi connectivity index (χ2v) is 4.32. The first kappa shape index (κ1) is 16.4. The molecular weight excluding hydrogens is 220 g/mol. The Morgan fingerprint density at radius 1 is 1.06 bits per heavy atom. The molecule has 0 spiro atoms. The average Bonchev–Trinajstić information content (AvgIpc) is 2.31. The van der Waals surface area contributed by atoms with Crippen LogP contribution in [0.2, 0.25) is 0 Å². The molecule has 0 aliphatic rings. The van der Waals surface area contributed by atoms with Crippen molar-refractivity contribution in [2.24, 2.45) is 0 Å². The molecule has 0 N–H and O–H groups in total. The van der Waals surface area contributed by atoms with E-state index in [1.807, 2.05) is 0 Å². The fraction of sp³-hybridized carbons (Fsp3) is 0.917. The van der Waals surface area contributed by atoms with Gasteiger partial charge in [-0.05, 0) is 33.6 Å². The minimum Gasteiger partial charge on any atom is -0.469 e. The topological polar surface area (TPSA) is 42.0 Å². The van der Waals surface area contributed by atoms with Gasteiger partial charge >= 0.3 is 5.97 Å². The Balaban J connectivity index is 3.82. The summed E-state index contributed by atoms with van der Waals surface area (Å²) in [6.45, 7) is 4.34. The Hall–Kier alpha value is -0.650. The number of rotatable bonds is 10. The van der Waals surface area contributed by atoms with Gasteiger partial charge in [-0.25, -0.2) is 0 Å². The standard InChI is InChI=1S/C12H26N2O3/c1-13(2)7-5-8-14(10-11-16-3)9-6-12(15)17-4/h5-11H2,1-4H3. The van der Waals surface area contributed by atoms with E-state index in [1.54, 1.807) is 7.11 Å². The van der Waals surface area contributed by atoms with Crippen LogP contribution in [0.1, 0.15) is 12.8 Å². The number of nitrogens with zero attached hydrogens (tertiary/aromatic N) is 2. The number of ether oxygens (including phenoxy) is 2. The summed E-state index contributed by atoms with van der Waals surface area (Å²) in [5.74, 6) is -0.153. The van der Waals surface area contributed by atoms with Crippen LogP contribution in [0.25, 0.3) is 0 Å². The van der Waals surface area contributed by atoms with Crippen molar-refractivity contribution in [1.82, 2.24) is 9.80 Å².